The second kappa shape index (κ2) is 7.91. The van der Waals surface area contributed by atoms with Gasteiger partial charge in [0.05, 0.1) is 24.1 Å². The topological polar surface area (TPSA) is 80.3 Å². The summed E-state index contributed by atoms with van der Waals surface area (Å²) in [7, 11) is 1.57. The molecule has 25 heavy (non-hydrogen) atoms. The number of rotatable bonds is 6. The van der Waals surface area contributed by atoms with E-state index in [1.54, 1.807) is 42.8 Å². The van der Waals surface area contributed by atoms with Crippen molar-refractivity contribution in [2.45, 2.75) is 6.42 Å². The summed E-state index contributed by atoms with van der Waals surface area (Å²) in [4.78, 5) is 29.0. The average molecular weight is 373 g/mol. The van der Waals surface area contributed by atoms with Gasteiger partial charge < -0.3 is 10.1 Å². The van der Waals surface area contributed by atoms with Crippen molar-refractivity contribution in [2.75, 3.05) is 17.7 Å². The molecule has 0 aliphatic carbocycles. The van der Waals surface area contributed by atoms with Crippen LogP contribution in [0.15, 0.2) is 47.2 Å². The predicted molar refractivity (Wildman–Crippen MR) is 99.7 cm³/mol. The minimum absolute atomic E-state index is 0.128. The molecule has 2 amide bonds. The molecule has 2 aromatic heterocycles. The molecule has 0 fully saturated rings. The Balaban J connectivity index is 1.57. The smallest absolute Gasteiger partial charge is 0.267 e. The van der Waals surface area contributed by atoms with Crippen LogP contribution in [0.2, 0.25) is 0 Å². The third-order valence-corrected chi connectivity index (χ3v) is 4.89. The van der Waals surface area contributed by atoms with Crippen LogP contribution in [0.4, 0.5) is 10.8 Å². The molecule has 0 atom stereocenters. The zero-order valence-electron chi connectivity index (χ0n) is 13.3. The minimum atomic E-state index is -0.197. The quantitative estimate of drug-likeness (QED) is 0.691. The number of hydrogen-bond acceptors (Lipinski definition) is 6. The first-order chi connectivity index (χ1) is 12.1. The molecule has 8 heteroatoms. The highest BCUT2D eigenvalue weighted by atomic mass is 32.1. The Morgan fingerprint density at radius 1 is 1.16 bits per heavy atom. The van der Waals surface area contributed by atoms with Crippen molar-refractivity contribution >= 4 is 45.3 Å². The fourth-order valence-corrected chi connectivity index (χ4v) is 3.41. The van der Waals surface area contributed by atoms with E-state index >= 15 is 0 Å². The molecule has 2 heterocycles. The van der Waals surface area contributed by atoms with Gasteiger partial charge in [-0.25, -0.2) is 4.98 Å². The van der Waals surface area contributed by atoms with Crippen LogP contribution in [0, 0.1) is 0 Å². The van der Waals surface area contributed by atoms with Gasteiger partial charge in [0.15, 0.2) is 5.13 Å². The van der Waals surface area contributed by atoms with Gasteiger partial charge in [-0.3, -0.25) is 14.9 Å². The molecule has 6 nitrogen and oxygen atoms in total. The largest absolute Gasteiger partial charge is 0.497 e. The molecule has 2 N–H and O–H groups in total. The zero-order valence-corrected chi connectivity index (χ0v) is 14.9. The van der Waals surface area contributed by atoms with E-state index in [4.69, 9.17) is 4.74 Å². The van der Waals surface area contributed by atoms with E-state index in [-0.39, 0.29) is 18.2 Å². The molecule has 0 aliphatic heterocycles. The number of amides is 2. The Bertz CT molecular complexity index is 875. The van der Waals surface area contributed by atoms with E-state index in [0.29, 0.717) is 27.1 Å². The van der Waals surface area contributed by atoms with Crippen LogP contribution >= 0.6 is 22.7 Å². The standard InChI is InChI=1S/C17H15N3O3S2/c1-23-13-5-2-4-11(8-13)18-15(21)9-12-10-25-17(19-12)20-16(22)14-6-3-7-24-14/h2-8,10H,9H2,1H3,(H,18,21)(H,19,20,22). The van der Waals surface area contributed by atoms with E-state index in [9.17, 15) is 9.59 Å². The Morgan fingerprint density at radius 2 is 2.04 bits per heavy atom. The monoisotopic (exact) mass is 373 g/mol. The van der Waals surface area contributed by atoms with Crippen LogP contribution in [0.3, 0.4) is 0 Å². The third kappa shape index (κ3) is 4.65. The van der Waals surface area contributed by atoms with Crippen molar-refractivity contribution < 1.29 is 14.3 Å². The molecular weight excluding hydrogens is 358 g/mol. The normalized spacial score (nSPS) is 10.3. The SMILES string of the molecule is COc1cccc(NC(=O)Cc2csc(NC(=O)c3cccs3)n2)c1. The molecule has 1 aromatic carbocycles. The van der Waals surface area contributed by atoms with Crippen LogP contribution in [0.1, 0.15) is 15.4 Å². The summed E-state index contributed by atoms with van der Waals surface area (Å²) in [5, 5.41) is 9.60. The summed E-state index contributed by atoms with van der Waals surface area (Å²) in [5.41, 5.74) is 1.26. The van der Waals surface area contributed by atoms with Crippen LogP contribution in [-0.2, 0) is 11.2 Å². The van der Waals surface area contributed by atoms with Crippen molar-refractivity contribution in [3.8, 4) is 5.75 Å². The van der Waals surface area contributed by atoms with Gasteiger partial charge in [0.25, 0.3) is 5.91 Å². The van der Waals surface area contributed by atoms with Gasteiger partial charge in [-0.1, -0.05) is 12.1 Å². The zero-order chi connectivity index (χ0) is 17.6. The van der Waals surface area contributed by atoms with E-state index < -0.39 is 0 Å². The molecule has 0 aliphatic rings. The van der Waals surface area contributed by atoms with E-state index in [1.807, 2.05) is 11.4 Å². The lowest BCUT2D eigenvalue weighted by Gasteiger charge is -2.06. The lowest BCUT2D eigenvalue weighted by atomic mass is 10.2. The van der Waals surface area contributed by atoms with Crippen molar-refractivity contribution in [1.82, 2.24) is 4.98 Å². The predicted octanol–water partition coefficient (Wildman–Crippen LogP) is 3.65. The van der Waals surface area contributed by atoms with Crippen molar-refractivity contribution in [3.63, 3.8) is 0 Å². The van der Waals surface area contributed by atoms with Crippen molar-refractivity contribution in [3.05, 3.63) is 57.7 Å². The summed E-state index contributed by atoms with van der Waals surface area (Å²) in [5.74, 6) is 0.288. The molecular formula is C17H15N3O3S2. The molecule has 128 valence electrons. The summed E-state index contributed by atoms with van der Waals surface area (Å²) in [6, 6.07) is 10.7. The van der Waals surface area contributed by atoms with E-state index in [1.165, 1.54) is 22.7 Å². The maximum absolute atomic E-state index is 12.1. The van der Waals surface area contributed by atoms with Crippen molar-refractivity contribution in [2.24, 2.45) is 0 Å². The number of nitrogens with one attached hydrogen (secondary N) is 2. The number of thiophene rings is 1. The van der Waals surface area contributed by atoms with Gasteiger partial charge in [0.2, 0.25) is 5.91 Å². The molecule has 3 rings (SSSR count). The first-order valence-corrected chi connectivity index (χ1v) is 9.13. The van der Waals surface area contributed by atoms with Crippen molar-refractivity contribution in [1.29, 1.82) is 0 Å². The molecule has 0 radical (unpaired) electrons. The number of nitrogens with zero attached hydrogens (tertiary/aromatic N) is 1. The lowest BCUT2D eigenvalue weighted by Crippen LogP contribution is -2.15. The summed E-state index contributed by atoms with van der Waals surface area (Å²) in [6.45, 7) is 0. The van der Waals surface area contributed by atoms with Gasteiger partial charge in [-0.15, -0.1) is 22.7 Å². The molecule has 0 unspecified atom stereocenters. The summed E-state index contributed by atoms with van der Waals surface area (Å²) >= 11 is 2.65. The Hall–Kier alpha value is -2.71. The van der Waals surface area contributed by atoms with Crippen LogP contribution in [-0.4, -0.2) is 23.9 Å². The number of benzene rings is 1. The number of carbonyl (C=O) groups excluding carboxylic acids is 2. The van der Waals surface area contributed by atoms with E-state index in [0.717, 1.165) is 0 Å². The maximum Gasteiger partial charge on any atom is 0.267 e. The van der Waals surface area contributed by atoms with Gasteiger partial charge in [-0.2, -0.15) is 0 Å². The van der Waals surface area contributed by atoms with E-state index in [2.05, 4.69) is 15.6 Å². The highest BCUT2D eigenvalue weighted by molar-refractivity contribution is 7.14. The average Bonchev–Trinajstić information content (AvgIpc) is 3.27. The van der Waals surface area contributed by atoms with Gasteiger partial charge in [0.1, 0.15) is 5.75 Å². The first-order valence-electron chi connectivity index (χ1n) is 7.37. The third-order valence-electron chi connectivity index (χ3n) is 3.21. The highest BCUT2D eigenvalue weighted by Gasteiger charge is 2.12. The number of ether oxygens (including phenoxy) is 1. The summed E-state index contributed by atoms with van der Waals surface area (Å²) < 4.78 is 5.12. The Morgan fingerprint density at radius 3 is 2.80 bits per heavy atom. The highest BCUT2D eigenvalue weighted by Crippen LogP contribution is 2.20. The number of methoxy groups -OCH3 is 1. The van der Waals surface area contributed by atoms with Gasteiger partial charge >= 0.3 is 0 Å². The first kappa shape index (κ1) is 17.1. The molecule has 3 aromatic rings. The van der Waals surface area contributed by atoms with Gasteiger partial charge in [-0.05, 0) is 23.6 Å². The molecule has 0 spiro atoms. The molecule has 0 saturated heterocycles. The lowest BCUT2D eigenvalue weighted by molar-refractivity contribution is -0.115. The molecule has 0 bridgehead atoms. The second-order valence-electron chi connectivity index (χ2n) is 5.03. The number of anilines is 2. The fraction of sp³-hybridized carbons (Fsp3) is 0.118. The Kier molecular flexibility index (Phi) is 5.42. The van der Waals surface area contributed by atoms with Crippen LogP contribution in [0.25, 0.3) is 0 Å². The number of carbonyl (C=O) groups is 2. The molecule has 0 saturated carbocycles. The number of hydrogen-bond donors (Lipinski definition) is 2. The maximum atomic E-state index is 12.1. The number of thiazole rings is 1. The second-order valence-corrected chi connectivity index (χ2v) is 6.84. The summed E-state index contributed by atoms with van der Waals surface area (Å²) in [6.07, 6.45) is 0.128. The minimum Gasteiger partial charge on any atom is -0.497 e. The fourth-order valence-electron chi connectivity index (χ4n) is 2.08. The Labute approximate surface area is 152 Å². The van der Waals surface area contributed by atoms with Crippen LogP contribution in [0.5, 0.6) is 5.75 Å². The number of aromatic nitrogens is 1. The van der Waals surface area contributed by atoms with Gasteiger partial charge in [0, 0.05) is 17.1 Å². The van der Waals surface area contributed by atoms with Crippen LogP contribution < -0.4 is 15.4 Å².